The quantitative estimate of drug-likeness (QED) is 0.859. The smallest absolute Gasteiger partial charge is 0.254 e. The molecule has 2 aromatic rings. The molecule has 6 heteroatoms. The number of carbonyl (C=O) groups is 1. The standard InChI is InChI=1S/C20H23FN2O3/c1-23(2)18-16(22-20(25)14-10-6-7-11-15(14)21)12-17(19(18)24)26-13-8-4-3-5-9-13/h3-11,16-19,24H,12H2,1-2H3,(H,22,25)/t16-,17-,18+,19+/m1/s1. The minimum absolute atomic E-state index is 0.00748. The van der Waals surface area contributed by atoms with Crippen LogP contribution in [-0.2, 0) is 0 Å². The molecule has 1 saturated carbocycles. The van der Waals surface area contributed by atoms with Crippen LogP contribution >= 0.6 is 0 Å². The molecule has 4 atom stereocenters. The van der Waals surface area contributed by atoms with E-state index in [1.54, 1.807) is 6.07 Å². The van der Waals surface area contributed by atoms with Gasteiger partial charge in [0.2, 0.25) is 0 Å². The molecule has 0 unspecified atom stereocenters. The van der Waals surface area contributed by atoms with Crippen LogP contribution in [0.1, 0.15) is 16.8 Å². The lowest BCUT2D eigenvalue weighted by Gasteiger charge is -2.29. The molecular weight excluding hydrogens is 335 g/mol. The molecule has 1 amide bonds. The van der Waals surface area contributed by atoms with Gasteiger partial charge in [-0.15, -0.1) is 0 Å². The lowest BCUT2D eigenvalue weighted by molar-refractivity contribution is 0.0210. The molecule has 5 nitrogen and oxygen atoms in total. The van der Waals surface area contributed by atoms with E-state index in [-0.39, 0.29) is 17.6 Å². The van der Waals surface area contributed by atoms with Crippen LogP contribution in [0.2, 0.25) is 0 Å². The van der Waals surface area contributed by atoms with E-state index in [1.807, 2.05) is 49.3 Å². The Balaban J connectivity index is 1.75. The van der Waals surface area contributed by atoms with Crippen LogP contribution < -0.4 is 10.1 Å². The highest BCUT2D eigenvalue weighted by atomic mass is 19.1. The second kappa shape index (κ2) is 7.85. The highest BCUT2D eigenvalue weighted by Crippen LogP contribution is 2.28. The van der Waals surface area contributed by atoms with E-state index in [1.165, 1.54) is 18.2 Å². The van der Waals surface area contributed by atoms with Crippen LogP contribution in [0.4, 0.5) is 4.39 Å². The SMILES string of the molecule is CN(C)[C@@H]1[C@@H](O)[C@H](Oc2ccccc2)C[C@H]1NC(=O)c1ccccc1F. The van der Waals surface area contributed by atoms with Crippen molar-refractivity contribution in [1.82, 2.24) is 10.2 Å². The molecule has 0 aromatic heterocycles. The van der Waals surface area contributed by atoms with Gasteiger partial charge in [0.1, 0.15) is 23.8 Å². The molecule has 0 saturated heterocycles. The second-order valence-electron chi connectivity index (χ2n) is 6.71. The fourth-order valence-corrected chi connectivity index (χ4v) is 3.48. The predicted octanol–water partition coefficient (Wildman–Crippen LogP) is 2.07. The summed E-state index contributed by atoms with van der Waals surface area (Å²) in [5.41, 5.74) is -0.00748. The van der Waals surface area contributed by atoms with Crippen molar-refractivity contribution in [3.8, 4) is 5.75 Å². The minimum atomic E-state index is -0.781. The van der Waals surface area contributed by atoms with Crippen LogP contribution in [0, 0.1) is 5.82 Å². The number of likely N-dealkylation sites (N-methyl/N-ethyl adjacent to an activating group) is 1. The molecule has 0 aliphatic heterocycles. The summed E-state index contributed by atoms with van der Waals surface area (Å²) < 4.78 is 19.8. The maximum atomic E-state index is 13.9. The van der Waals surface area contributed by atoms with Gasteiger partial charge in [-0.05, 0) is 38.4 Å². The number of ether oxygens (including phenoxy) is 1. The number of amides is 1. The summed E-state index contributed by atoms with van der Waals surface area (Å²) in [5, 5.41) is 13.5. The topological polar surface area (TPSA) is 61.8 Å². The van der Waals surface area contributed by atoms with Gasteiger partial charge in [0.25, 0.3) is 5.91 Å². The molecule has 2 N–H and O–H groups in total. The zero-order valence-electron chi connectivity index (χ0n) is 14.8. The van der Waals surface area contributed by atoms with Crippen molar-refractivity contribution in [1.29, 1.82) is 0 Å². The first-order valence-electron chi connectivity index (χ1n) is 8.59. The highest BCUT2D eigenvalue weighted by Gasteiger charge is 2.45. The molecule has 2 aromatic carbocycles. The number of hydrogen-bond acceptors (Lipinski definition) is 4. The van der Waals surface area contributed by atoms with Crippen LogP contribution in [0.15, 0.2) is 54.6 Å². The Morgan fingerprint density at radius 2 is 1.81 bits per heavy atom. The Morgan fingerprint density at radius 1 is 1.15 bits per heavy atom. The average Bonchev–Trinajstić information content (AvgIpc) is 2.91. The summed E-state index contributed by atoms with van der Waals surface area (Å²) in [4.78, 5) is 14.3. The van der Waals surface area contributed by atoms with Gasteiger partial charge in [0.05, 0.1) is 17.6 Å². The van der Waals surface area contributed by atoms with E-state index in [0.29, 0.717) is 12.2 Å². The third kappa shape index (κ3) is 3.86. The fourth-order valence-electron chi connectivity index (χ4n) is 3.48. The number of aliphatic hydroxyl groups is 1. The van der Waals surface area contributed by atoms with E-state index in [2.05, 4.69) is 5.32 Å². The van der Waals surface area contributed by atoms with Crippen LogP contribution in [0.5, 0.6) is 5.75 Å². The first kappa shape index (κ1) is 18.4. The Morgan fingerprint density at radius 3 is 2.46 bits per heavy atom. The van der Waals surface area contributed by atoms with Gasteiger partial charge in [-0.2, -0.15) is 0 Å². The molecule has 138 valence electrons. The first-order valence-corrected chi connectivity index (χ1v) is 8.59. The molecule has 0 radical (unpaired) electrons. The summed E-state index contributed by atoms with van der Waals surface area (Å²) >= 11 is 0. The number of nitrogens with zero attached hydrogens (tertiary/aromatic N) is 1. The van der Waals surface area contributed by atoms with Crippen molar-refractivity contribution < 1.29 is 19.0 Å². The molecule has 1 fully saturated rings. The van der Waals surface area contributed by atoms with Crippen molar-refractivity contribution in [3.63, 3.8) is 0 Å². The van der Waals surface area contributed by atoms with Crippen molar-refractivity contribution in [2.45, 2.75) is 30.7 Å². The number of nitrogens with one attached hydrogen (secondary N) is 1. The van der Waals surface area contributed by atoms with Crippen LogP contribution in [0.3, 0.4) is 0 Å². The van der Waals surface area contributed by atoms with E-state index >= 15 is 0 Å². The number of benzene rings is 2. The highest BCUT2D eigenvalue weighted by molar-refractivity contribution is 5.94. The second-order valence-corrected chi connectivity index (χ2v) is 6.71. The van der Waals surface area contributed by atoms with Gasteiger partial charge < -0.3 is 20.1 Å². The molecule has 3 rings (SSSR count). The van der Waals surface area contributed by atoms with Crippen molar-refractivity contribution >= 4 is 5.91 Å². The van der Waals surface area contributed by atoms with E-state index in [9.17, 15) is 14.3 Å². The summed E-state index contributed by atoms with van der Waals surface area (Å²) in [5.74, 6) is -0.398. The Bertz CT molecular complexity index is 754. The largest absolute Gasteiger partial charge is 0.488 e. The molecule has 26 heavy (non-hydrogen) atoms. The Kier molecular flexibility index (Phi) is 5.54. The van der Waals surface area contributed by atoms with E-state index in [0.717, 1.165) is 0 Å². The molecule has 0 heterocycles. The molecular formula is C20H23FN2O3. The van der Waals surface area contributed by atoms with Crippen LogP contribution in [0.25, 0.3) is 0 Å². The number of rotatable bonds is 5. The average molecular weight is 358 g/mol. The molecule has 0 spiro atoms. The van der Waals surface area contributed by atoms with E-state index in [4.69, 9.17) is 4.74 Å². The number of para-hydroxylation sites is 1. The summed E-state index contributed by atoms with van der Waals surface area (Å²) in [6.45, 7) is 0. The number of hydrogen-bond donors (Lipinski definition) is 2. The zero-order valence-corrected chi connectivity index (χ0v) is 14.8. The number of aliphatic hydroxyl groups excluding tert-OH is 1. The monoisotopic (exact) mass is 358 g/mol. The van der Waals surface area contributed by atoms with Gasteiger partial charge >= 0.3 is 0 Å². The van der Waals surface area contributed by atoms with Gasteiger partial charge in [0.15, 0.2) is 0 Å². The molecule has 0 bridgehead atoms. The van der Waals surface area contributed by atoms with Gasteiger partial charge in [-0.25, -0.2) is 4.39 Å². The maximum absolute atomic E-state index is 13.9. The van der Waals surface area contributed by atoms with E-state index < -0.39 is 23.9 Å². The van der Waals surface area contributed by atoms with Gasteiger partial charge in [0, 0.05) is 6.42 Å². The van der Waals surface area contributed by atoms with Crippen LogP contribution in [-0.4, -0.2) is 54.3 Å². The van der Waals surface area contributed by atoms with Gasteiger partial charge in [-0.1, -0.05) is 30.3 Å². The lowest BCUT2D eigenvalue weighted by Crippen LogP contribution is -2.50. The van der Waals surface area contributed by atoms with Crippen molar-refractivity contribution in [2.24, 2.45) is 0 Å². The normalized spacial score (nSPS) is 25.3. The third-order valence-corrected chi connectivity index (χ3v) is 4.69. The minimum Gasteiger partial charge on any atom is -0.488 e. The zero-order chi connectivity index (χ0) is 18.7. The van der Waals surface area contributed by atoms with Crippen molar-refractivity contribution in [3.05, 3.63) is 66.0 Å². The summed E-state index contributed by atoms with van der Waals surface area (Å²) in [6.07, 6.45) is -0.814. The summed E-state index contributed by atoms with van der Waals surface area (Å²) in [7, 11) is 3.67. The number of carbonyl (C=O) groups excluding carboxylic acids is 1. The Labute approximate surface area is 152 Å². The molecule has 1 aliphatic rings. The Hall–Kier alpha value is -2.44. The lowest BCUT2D eigenvalue weighted by atomic mass is 10.1. The summed E-state index contributed by atoms with van der Waals surface area (Å²) in [6, 6.07) is 14.4. The predicted molar refractivity (Wildman–Crippen MR) is 96.6 cm³/mol. The maximum Gasteiger partial charge on any atom is 0.254 e. The fraction of sp³-hybridized carbons (Fsp3) is 0.350. The van der Waals surface area contributed by atoms with Crippen molar-refractivity contribution in [2.75, 3.05) is 14.1 Å². The third-order valence-electron chi connectivity index (χ3n) is 4.69. The molecule has 1 aliphatic carbocycles. The number of halogens is 1. The first-order chi connectivity index (χ1) is 12.5. The van der Waals surface area contributed by atoms with Gasteiger partial charge in [-0.3, -0.25) is 4.79 Å².